The maximum atomic E-state index is 11.6. The molecule has 4 heterocycles. The van der Waals surface area contributed by atoms with Crippen LogP contribution < -0.4 is 5.63 Å². The van der Waals surface area contributed by atoms with Gasteiger partial charge in [0.2, 0.25) is 0 Å². The van der Waals surface area contributed by atoms with E-state index in [2.05, 4.69) is 27.3 Å². The zero-order valence-corrected chi connectivity index (χ0v) is 18.4. The average Bonchev–Trinajstić information content (AvgIpc) is 3.25. The van der Waals surface area contributed by atoms with Crippen molar-refractivity contribution in [3.05, 3.63) is 108 Å². The van der Waals surface area contributed by atoms with Gasteiger partial charge in [-0.05, 0) is 29.1 Å². The van der Waals surface area contributed by atoms with E-state index in [-0.39, 0.29) is 25.7 Å². The smallest absolute Gasteiger partial charge is 0.299 e. The van der Waals surface area contributed by atoms with Gasteiger partial charge in [-0.25, -0.2) is 0 Å². The summed E-state index contributed by atoms with van der Waals surface area (Å²) in [7, 11) is 0. The molecule has 0 aliphatic carbocycles. The predicted molar refractivity (Wildman–Crippen MR) is 114 cm³/mol. The number of nitrogens with zero attached hydrogens (tertiary/aromatic N) is 4. The van der Waals surface area contributed by atoms with Gasteiger partial charge >= 0.3 is 0 Å². The Labute approximate surface area is 190 Å². The van der Waals surface area contributed by atoms with Crippen molar-refractivity contribution in [2.75, 3.05) is 0 Å². The largest absolute Gasteiger partial charge is 0.438 e. The molecule has 0 saturated carbocycles. The molecule has 0 saturated heterocycles. The van der Waals surface area contributed by atoms with Crippen LogP contribution >= 0.6 is 0 Å². The van der Waals surface area contributed by atoms with Gasteiger partial charge in [-0.15, -0.1) is 29.7 Å². The number of hydrogen-bond acceptors (Lipinski definition) is 5. The third-order valence-electron chi connectivity index (χ3n) is 4.56. The Kier molecular flexibility index (Phi) is 5.98. The first-order valence-electron chi connectivity index (χ1n) is 9.26. The van der Waals surface area contributed by atoms with Crippen molar-refractivity contribution in [2.45, 2.75) is 0 Å². The molecule has 0 spiro atoms. The number of hydrogen-bond donors (Lipinski definition) is 0. The molecule has 0 N–H and O–H groups in total. The molecular formula is C24H14IrN4O2-2. The fourth-order valence-electron chi connectivity index (χ4n) is 3.18. The molecule has 2 aromatic carbocycles. The van der Waals surface area contributed by atoms with E-state index < -0.39 is 0 Å². The average molecular weight is 583 g/mol. The van der Waals surface area contributed by atoms with Crippen molar-refractivity contribution in [1.29, 1.82) is 0 Å². The number of para-hydroxylation sites is 2. The number of pyridine rings is 2. The predicted octanol–water partition coefficient (Wildman–Crippen LogP) is 4.36. The van der Waals surface area contributed by atoms with Crippen LogP contribution in [0, 0.1) is 12.4 Å². The molecule has 0 atom stereocenters. The summed E-state index contributed by atoms with van der Waals surface area (Å²) >= 11 is 0. The maximum Gasteiger partial charge on any atom is 0.299 e. The molecule has 7 heteroatoms. The summed E-state index contributed by atoms with van der Waals surface area (Å²) in [4.78, 5) is 24.2. The van der Waals surface area contributed by atoms with Crippen LogP contribution in [0.3, 0.4) is 0 Å². The summed E-state index contributed by atoms with van der Waals surface area (Å²) in [5.41, 5.74) is 2.78. The molecule has 0 fully saturated rings. The molecule has 0 bridgehead atoms. The first-order chi connectivity index (χ1) is 14.8. The molecule has 0 amide bonds. The van der Waals surface area contributed by atoms with Crippen LogP contribution in [0.5, 0.6) is 0 Å². The van der Waals surface area contributed by atoms with Gasteiger partial charge in [0, 0.05) is 44.3 Å². The second-order valence-corrected chi connectivity index (χ2v) is 6.42. The number of fused-ring (bicyclic) bond motifs is 4. The van der Waals surface area contributed by atoms with Gasteiger partial charge in [-0.3, -0.25) is 9.78 Å². The topological polar surface area (TPSA) is 73.8 Å². The summed E-state index contributed by atoms with van der Waals surface area (Å²) < 4.78 is 6.99. The first-order valence-corrected chi connectivity index (χ1v) is 9.26. The van der Waals surface area contributed by atoms with Crippen molar-refractivity contribution < 1.29 is 24.5 Å². The maximum absolute atomic E-state index is 11.6. The van der Waals surface area contributed by atoms with E-state index in [1.54, 1.807) is 42.7 Å². The van der Waals surface area contributed by atoms with Crippen molar-refractivity contribution in [2.24, 2.45) is 0 Å². The van der Waals surface area contributed by atoms with Crippen LogP contribution in [0.2, 0.25) is 0 Å². The second kappa shape index (κ2) is 9.00. The molecule has 0 unspecified atom stereocenters. The normalized spacial score (nSPS) is 10.5. The van der Waals surface area contributed by atoms with E-state index in [0.29, 0.717) is 21.9 Å². The Hall–Kier alpha value is -3.67. The van der Waals surface area contributed by atoms with E-state index >= 15 is 0 Å². The molecule has 1 radical (unpaired) electrons. The number of aromatic nitrogens is 4. The third-order valence-corrected chi connectivity index (χ3v) is 4.56. The minimum atomic E-state index is -0.345. The van der Waals surface area contributed by atoms with Crippen LogP contribution in [0.1, 0.15) is 0 Å². The zero-order chi connectivity index (χ0) is 20.3. The van der Waals surface area contributed by atoms with E-state index in [0.717, 1.165) is 16.9 Å². The van der Waals surface area contributed by atoms with Crippen LogP contribution in [-0.4, -0.2) is 19.5 Å². The number of rotatable bonds is 1. The van der Waals surface area contributed by atoms with Gasteiger partial charge < -0.3 is 19.0 Å². The summed E-state index contributed by atoms with van der Waals surface area (Å²) in [5.74, 6) is 0.839. The van der Waals surface area contributed by atoms with Crippen LogP contribution in [-0.2, 0) is 20.1 Å². The van der Waals surface area contributed by atoms with Gasteiger partial charge in [-0.2, -0.15) is 0 Å². The minimum absolute atomic E-state index is 0. The Morgan fingerprint density at radius 1 is 0.871 bits per heavy atom. The molecule has 6 rings (SSSR count). The van der Waals surface area contributed by atoms with Crippen molar-refractivity contribution in [3.63, 3.8) is 0 Å². The van der Waals surface area contributed by atoms with Gasteiger partial charge in [0.15, 0.2) is 0 Å². The molecule has 4 aromatic heterocycles. The van der Waals surface area contributed by atoms with E-state index in [4.69, 9.17) is 4.42 Å². The van der Waals surface area contributed by atoms with Crippen molar-refractivity contribution in [3.8, 4) is 5.82 Å². The summed E-state index contributed by atoms with van der Waals surface area (Å²) in [6.07, 6.45) is 6.37. The second-order valence-electron chi connectivity index (χ2n) is 6.42. The monoisotopic (exact) mass is 583 g/mol. The Morgan fingerprint density at radius 2 is 1.71 bits per heavy atom. The van der Waals surface area contributed by atoms with Gasteiger partial charge in [0.1, 0.15) is 5.58 Å². The fraction of sp³-hybridized carbons (Fsp3) is 0. The molecule has 6 nitrogen and oxygen atoms in total. The van der Waals surface area contributed by atoms with Crippen LogP contribution in [0.4, 0.5) is 0 Å². The van der Waals surface area contributed by atoms with Crippen LogP contribution in [0.15, 0.2) is 94.4 Å². The third kappa shape index (κ3) is 4.01. The first kappa shape index (κ1) is 20.6. The van der Waals surface area contributed by atoms with Gasteiger partial charge in [0.05, 0.1) is 5.82 Å². The minimum Gasteiger partial charge on any atom is -0.438 e. The van der Waals surface area contributed by atoms with E-state index in [9.17, 15) is 4.79 Å². The van der Waals surface area contributed by atoms with Crippen molar-refractivity contribution >= 4 is 32.9 Å². The summed E-state index contributed by atoms with van der Waals surface area (Å²) in [5, 5.41) is 1.23. The fourth-order valence-corrected chi connectivity index (χ4v) is 3.18. The van der Waals surface area contributed by atoms with E-state index in [1.165, 1.54) is 0 Å². The van der Waals surface area contributed by atoms with E-state index in [1.807, 2.05) is 47.0 Å². The Balaban J connectivity index is 0.000000144. The SMILES string of the molecule is O=c1oc2cccnc2c2[c-]cccc12.[Ir].[c-]1nc2ccccc2n1-c1ccccn1. The number of imidazole rings is 1. The quantitative estimate of drug-likeness (QED) is 0.213. The summed E-state index contributed by atoms with van der Waals surface area (Å²) in [6.45, 7) is 0. The molecule has 0 aliphatic rings. The molecule has 153 valence electrons. The molecular weight excluding hydrogens is 569 g/mol. The molecule has 6 aromatic rings. The zero-order valence-electron chi connectivity index (χ0n) is 16.0. The van der Waals surface area contributed by atoms with Crippen LogP contribution in [0.25, 0.3) is 38.7 Å². The molecule has 0 aliphatic heterocycles. The Bertz CT molecular complexity index is 1530. The molecule has 31 heavy (non-hydrogen) atoms. The Morgan fingerprint density at radius 3 is 2.58 bits per heavy atom. The van der Waals surface area contributed by atoms with Gasteiger partial charge in [-0.1, -0.05) is 41.9 Å². The standard InChI is InChI=1S/C12H8N3.C12H6NO2.Ir/c1-2-6-11-10(5-1)14-9-15(11)12-7-3-4-8-13-12;14-12-9-5-2-1-4-8(9)11-10(15-12)6-3-7-13-11;/h1-8H;1-3,5-7H;/q2*-1;. The summed E-state index contributed by atoms with van der Waals surface area (Å²) in [6, 6.07) is 25.4. The number of benzene rings is 2. The van der Waals surface area contributed by atoms with Gasteiger partial charge in [0.25, 0.3) is 5.63 Å². The van der Waals surface area contributed by atoms with Crippen molar-refractivity contribution in [1.82, 2.24) is 19.5 Å².